The van der Waals surface area contributed by atoms with Crippen LogP contribution in [-0.2, 0) is 16.1 Å². The Bertz CT molecular complexity index is 951. The van der Waals surface area contributed by atoms with Gasteiger partial charge in [0.2, 0.25) is 5.91 Å². The molecule has 2 amide bonds. The van der Waals surface area contributed by atoms with Crippen molar-refractivity contribution in [1.82, 2.24) is 24.6 Å². The van der Waals surface area contributed by atoms with Crippen molar-refractivity contribution < 1.29 is 19.1 Å². The highest BCUT2D eigenvalue weighted by molar-refractivity contribution is 5.96. The van der Waals surface area contributed by atoms with Gasteiger partial charge in [0.1, 0.15) is 30.6 Å². The first-order valence-corrected chi connectivity index (χ1v) is 12.8. The Balaban J connectivity index is 1.44. The maximum absolute atomic E-state index is 13.1. The van der Waals surface area contributed by atoms with Gasteiger partial charge < -0.3 is 19.3 Å². The molecule has 0 radical (unpaired) electrons. The molecule has 1 saturated heterocycles. The Kier molecular flexibility index (Phi) is 9.11. The predicted molar refractivity (Wildman–Crippen MR) is 131 cm³/mol. The highest BCUT2D eigenvalue weighted by Crippen LogP contribution is 2.26. The summed E-state index contributed by atoms with van der Waals surface area (Å²) in [7, 11) is 1.85. The van der Waals surface area contributed by atoms with Crippen LogP contribution in [0.5, 0.6) is 5.75 Å². The van der Waals surface area contributed by atoms with E-state index in [0.717, 1.165) is 32.2 Å². The van der Waals surface area contributed by atoms with E-state index in [1.807, 2.05) is 36.2 Å². The lowest BCUT2D eigenvalue weighted by Crippen LogP contribution is -2.34. The van der Waals surface area contributed by atoms with Crippen molar-refractivity contribution in [1.29, 1.82) is 0 Å². The van der Waals surface area contributed by atoms with E-state index in [0.29, 0.717) is 50.4 Å². The predicted octanol–water partition coefficient (Wildman–Crippen LogP) is 3.16. The first-order valence-electron chi connectivity index (χ1n) is 12.8. The number of nitrogens with zero attached hydrogens (tertiary/aromatic N) is 5. The second-order valence-corrected chi connectivity index (χ2v) is 9.47. The Morgan fingerprint density at radius 3 is 2.66 bits per heavy atom. The van der Waals surface area contributed by atoms with E-state index >= 15 is 0 Å². The minimum Gasteiger partial charge on any atom is -0.485 e. The maximum Gasteiger partial charge on any atom is 0.257 e. The van der Waals surface area contributed by atoms with Gasteiger partial charge in [-0.2, -0.15) is 5.10 Å². The normalized spacial score (nSPS) is 22.4. The van der Waals surface area contributed by atoms with Crippen molar-refractivity contribution in [3.8, 4) is 5.75 Å². The molecule has 0 aliphatic carbocycles. The number of hydrogen-bond acceptors (Lipinski definition) is 6. The minimum atomic E-state index is -0.318. The number of rotatable bonds is 4. The first-order chi connectivity index (χ1) is 17.1. The minimum absolute atomic E-state index is 0.0378. The van der Waals surface area contributed by atoms with E-state index in [9.17, 15) is 9.59 Å². The van der Waals surface area contributed by atoms with Crippen LogP contribution in [0.15, 0.2) is 36.9 Å². The smallest absolute Gasteiger partial charge is 0.257 e. The average molecular weight is 484 g/mol. The Labute approximate surface area is 207 Å². The van der Waals surface area contributed by atoms with E-state index in [4.69, 9.17) is 9.47 Å². The summed E-state index contributed by atoms with van der Waals surface area (Å²) in [6.45, 7) is 3.00. The summed E-state index contributed by atoms with van der Waals surface area (Å²) in [5, 5.41) is 4.09. The molecule has 190 valence electrons. The number of carbonyl (C=O) groups is 2. The summed E-state index contributed by atoms with van der Waals surface area (Å²) < 4.78 is 14.4. The van der Waals surface area contributed by atoms with Crippen LogP contribution in [0.2, 0.25) is 0 Å². The molecule has 0 unspecified atom stereocenters. The molecule has 2 aliphatic rings. The van der Waals surface area contributed by atoms with Crippen molar-refractivity contribution in [3.05, 3.63) is 42.5 Å². The molecule has 2 aromatic rings. The van der Waals surface area contributed by atoms with Crippen LogP contribution < -0.4 is 4.74 Å². The van der Waals surface area contributed by atoms with Gasteiger partial charge in [-0.1, -0.05) is 37.8 Å². The molecule has 1 aromatic heterocycles. The number of para-hydroxylation sites is 1. The fraction of sp³-hybridized carbons (Fsp3) is 0.615. The highest BCUT2D eigenvalue weighted by Gasteiger charge is 2.38. The van der Waals surface area contributed by atoms with E-state index in [-0.39, 0.29) is 24.0 Å². The summed E-state index contributed by atoms with van der Waals surface area (Å²) in [6, 6.07) is 7.39. The van der Waals surface area contributed by atoms with E-state index in [2.05, 4.69) is 10.1 Å². The highest BCUT2D eigenvalue weighted by atomic mass is 16.5. The lowest BCUT2D eigenvalue weighted by atomic mass is 10.1. The van der Waals surface area contributed by atoms with Crippen molar-refractivity contribution >= 4 is 11.8 Å². The number of ether oxygens (including phenoxy) is 2. The molecule has 0 N–H and O–H groups in total. The van der Waals surface area contributed by atoms with E-state index in [1.165, 1.54) is 19.2 Å². The molecule has 2 atom stereocenters. The van der Waals surface area contributed by atoms with Gasteiger partial charge in [-0.3, -0.25) is 14.3 Å². The number of aryl methyl sites for hydroxylation is 1. The summed E-state index contributed by atoms with van der Waals surface area (Å²) in [5.74, 6) is 0.597. The van der Waals surface area contributed by atoms with Gasteiger partial charge in [-0.05, 0) is 31.4 Å². The van der Waals surface area contributed by atoms with Crippen molar-refractivity contribution in [2.75, 3.05) is 33.3 Å². The van der Waals surface area contributed by atoms with Crippen LogP contribution in [0.1, 0.15) is 61.7 Å². The van der Waals surface area contributed by atoms with Crippen LogP contribution in [0.25, 0.3) is 0 Å². The molecule has 0 bridgehead atoms. The monoisotopic (exact) mass is 483 g/mol. The summed E-state index contributed by atoms with van der Waals surface area (Å²) >= 11 is 0. The standard InChI is InChI=1S/C26H37N5O4/c1-29-14-8-4-2-3-5-9-16-34-23-17-30(25(32)13-10-15-31-20-27-19-28-31)18-24(23)35-22-12-7-6-11-21(22)26(29)33/h6-7,11-12,19-20,23-24H,2-5,8-10,13-18H2,1H3/t23-,24-/m1/s1. The number of benzene rings is 1. The molecule has 1 aromatic carbocycles. The van der Waals surface area contributed by atoms with Crippen LogP contribution >= 0.6 is 0 Å². The van der Waals surface area contributed by atoms with Crippen LogP contribution in [0.3, 0.4) is 0 Å². The molecule has 9 heteroatoms. The second-order valence-electron chi connectivity index (χ2n) is 9.47. The molecule has 35 heavy (non-hydrogen) atoms. The SMILES string of the molecule is CN1CCCCCCCCO[C@@H]2CN(C(=O)CCCn3cncn3)C[C@H]2Oc2ccccc2C1=O. The summed E-state index contributed by atoms with van der Waals surface area (Å²) in [5.41, 5.74) is 0.554. The fourth-order valence-corrected chi connectivity index (χ4v) is 4.73. The molecule has 4 rings (SSSR count). The van der Waals surface area contributed by atoms with Gasteiger partial charge in [0.25, 0.3) is 5.91 Å². The molecule has 2 aliphatic heterocycles. The van der Waals surface area contributed by atoms with E-state index in [1.54, 1.807) is 15.9 Å². The second kappa shape index (κ2) is 12.7. The number of amides is 2. The average Bonchev–Trinajstić information content (AvgIpc) is 3.52. The van der Waals surface area contributed by atoms with Crippen molar-refractivity contribution in [2.24, 2.45) is 0 Å². The zero-order valence-corrected chi connectivity index (χ0v) is 20.7. The first kappa shape index (κ1) is 25.2. The molecule has 0 saturated carbocycles. The Morgan fingerprint density at radius 1 is 1.06 bits per heavy atom. The van der Waals surface area contributed by atoms with Crippen molar-refractivity contribution in [3.63, 3.8) is 0 Å². The number of likely N-dealkylation sites (tertiary alicyclic amines) is 1. The lowest BCUT2D eigenvalue weighted by molar-refractivity contribution is -0.130. The van der Waals surface area contributed by atoms with Crippen LogP contribution in [-0.4, -0.2) is 81.9 Å². The number of carbonyl (C=O) groups excluding carboxylic acids is 2. The van der Waals surface area contributed by atoms with Gasteiger partial charge in [-0.25, -0.2) is 4.98 Å². The molecule has 3 heterocycles. The third-order valence-corrected chi connectivity index (χ3v) is 6.77. The Hall–Kier alpha value is -2.94. The third-order valence-electron chi connectivity index (χ3n) is 6.77. The van der Waals surface area contributed by atoms with E-state index < -0.39 is 0 Å². The topological polar surface area (TPSA) is 89.8 Å². The molecule has 0 spiro atoms. The number of aromatic nitrogens is 3. The zero-order chi connectivity index (χ0) is 24.5. The quantitative estimate of drug-likeness (QED) is 0.664. The molecular formula is C26H37N5O4. The van der Waals surface area contributed by atoms with Gasteiger partial charge in [0.15, 0.2) is 0 Å². The number of hydrogen-bond donors (Lipinski definition) is 0. The zero-order valence-electron chi connectivity index (χ0n) is 20.7. The largest absolute Gasteiger partial charge is 0.485 e. The summed E-state index contributed by atoms with van der Waals surface area (Å²) in [4.78, 5) is 33.7. The van der Waals surface area contributed by atoms with Crippen LogP contribution in [0, 0.1) is 0 Å². The van der Waals surface area contributed by atoms with Gasteiger partial charge in [-0.15, -0.1) is 0 Å². The molecule has 9 nitrogen and oxygen atoms in total. The fourth-order valence-electron chi connectivity index (χ4n) is 4.73. The molecular weight excluding hydrogens is 446 g/mol. The van der Waals surface area contributed by atoms with Gasteiger partial charge in [0, 0.05) is 33.2 Å². The van der Waals surface area contributed by atoms with Crippen LogP contribution in [0.4, 0.5) is 0 Å². The van der Waals surface area contributed by atoms with Crippen molar-refractivity contribution in [2.45, 2.75) is 70.1 Å². The number of fused-ring (bicyclic) bond motifs is 2. The maximum atomic E-state index is 13.1. The van der Waals surface area contributed by atoms with Gasteiger partial charge in [0.05, 0.1) is 18.7 Å². The summed E-state index contributed by atoms with van der Waals surface area (Å²) in [6.07, 6.45) is 10.3. The van der Waals surface area contributed by atoms with Gasteiger partial charge >= 0.3 is 0 Å². The Morgan fingerprint density at radius 2 is 1.83 bits per heavy atom. The molecule has 1 fully saturated rings. The lowest BCUT2D eigenvalue weighted by Gasteiger charge is -2.24. The third kappa shape index (κ3) is 7.04.